The lowest BCUT2D eigenvalue weighted by Crippen LogP contribution is -2.42. The summed E-state index contributed by atoms with van der Waals surface area (Å²) in [5, 5.41) is 5.92. The van der Waals surface area contributed by atoms with Gasteiger partial charge in [0.15, 0.2) is 0 Å². The van der Waals surface area contributed by atoms with Crippen LogP contribution in [0.4, 0.5) is 14.4 Å². The number of nitrogens with zero attached hydrogens (tertiary/aromatic N) is 1. The van der Waals surface area contributed by atoms with Gasteiger partial charge in [-0.05, 0) is 90.8 Å². The van der Waals surface area contributed by atoms with Gasteiger partial charge in [0.05, 0.1) is 39.1 Å². The molecule has 0 atom stereocenters. The number of primary amides is 2. The summed E-state index contributed by atoms with van der Waals surface area (Å²) in [6.45, 7) is 15.4. The smallest absolute Gasteiger partial charge is 0.261 e. The molecule has 6 heterocycles. The standard InChI is InChI=1S/C18H20FN3O3S.C18H21N3O4S/c1-17(2)8-10-11(14(20)23)16(26-12(10)18(3,4)25-17)22-15(24)9-6-5-7-21-13(9)19;1-17(2)8-10-11(13(19)22)16(26-12(10)18(3,4)25-17)21-15(24)9-6-5-7-20-14(9)23/h5-7H,8H2,1-4H3,(H2,20,23)(H,22,24);5-7H,8H2,1-4H3,(H2,19,22)(H,20,23)(H,21,24). The van der Waals surface area contributed by atoms with Crippen molar-refractivity contribution >= 4 is 56.3 Å². The van der Waals surface area contributed by atoms with Crippen LogP contribution in [0.3, 0.4) is 0 Å². The van der Waals surface area contributed by atoms with Crippen molar-refractivity contribution in [1.29, 1.82) is 0 Å². The van der Waals surface area contributed by atoms with Gasteiger partial charge >= 0.3 is 0 Å². The maximum absolute atomic E-state index is 13.8. The molecule has 7 N–H and O–H groups in total. The molecule has 4 aromatic heterocycles. The number of carbonyl (C=O) groups is 4. The van der Waals surface area contributed by atoms with Crippen LogP contribution >= 0.6 is 22.7 Å². The Hall–Kier alpha value is -4.77. The third-order valence-electron chi connectivity index (χ3n) is 8.39. The third-order valence-corrected chi connectivity index (χ3v) is 11.3. The highest BCUT2D eigenvalue weighted by atomic mass is 32.1. The fraction of sp³-hybridized carbons (Fsp3) is 0.389. The Morgan fingerprint density at radius 3 is 1.63 bits per heavy atom. The normalized spacial score (nSPS) is 17.4. The number of nitrogens with two attached hydrogens (primary N) is 2. The fourth-order valence-electron chi connectivity index (χ4n) is 6.83. The first kappa shape index (κ1) is 38.5. The average molecular weight is 753 g/mol. The average Bonchev–Trinajstić information content (AvgIpc) is 3.54. The van der Waals surface area contributed by atoms with Crippen molar-refractivity contribution in [2.45, 2.75) is 90.6 Å². The number of H-pyrrole nitrogens is 1. The van der Waals surface area contributed by atoms with E-state index in [0.29, 0.717) is 22.8 Å². The van der Waals surface area contributed by atoms with Crippen LogP contribution in [0.15, 0.2) is 41.5 Å². The maximum atomic E-state index is 13.8. The molecular weight excluding hydrogens is 712 g/mol. The summed E-state index contributed by atoms with van der Waals surface area (Å²) in [6, 6.07) is 5.77. The molecule has 0 unspecified atom stereocenters. The monoisotopic (exact) mass is 752 g/mol. The van der Waals surface area contributed by atoms with Crippen LogP contribution in [0.25, 0.3) is 0 Å². The Bertz CT molecular complexity index is 2170. The Morgan fingerprint density at radius 1 is 0.769 bits per heavy atom. The second-order valence-electron chi connectivity index (χ2n) is 14.7. The number of rotatable bonds is 6. The zero-order valence-electron chi connectivity index (χ0n) is 30.0. The molecule has 4 amide bonds. The molecule has 0 fully saturated rings. The zero-order valence-corrected chi connectivity index (χ0v) is 31.7. The van der Waals surface area contributed by atoms with E-state index in [-0.39, 0.29) is 22.3 Å². The number of pyridine rings is 2. The molecule has 0 spiro atoms. The van der Waals surface area contributed by atoms with Gasteiger partial charge in [0.2, 0.25) is 5.95 Å². The second-order valence-corrected chi connectivity index (χ2v) is 16.8. The second kappa shape index (κ2) is 13.7. The van der Waals surface area contributed by atoms with Crippen molar-refractivity contribution in [3.8, 4) is 0 Å². The van der Waals surface area contributed by atoms with E-state index in [1.807, 2.05) is 55.4 Å². The number of hydrogen-bond acceptors (Lipinski definition) is 10. The van der Waals surface area contributed by atoms with Gasteiger partial charge in [-0.15, -0.1) is 22.7 Å². The number of hydrogen-bond donors (Lipinski definition) is 5. The topological polar surface area (TPSA) is 209 Å². The van der Waals surface area contributed by atoms with Gasteiger partial charge in [0.1, 0.15) is 15.6 Å². The first-order valence-corrected chi connectivity index (χ1v) is 17.9. The summed E-state index contributed by atoms with van der Waals surface area (Å²) in [5.41, 5.74) is 10.3. The van der Waals surface area contributed by atoms with Crippen LogP contribution < -0.4 is 27.7 Å². The van der Waals surface area contributed by atoms with E-state index in [1.165, 1.54) is 53.3 Å². The van der Waals surface area contributed by atoms with Gasteiger partial charge in [-0.1, -0.05) is 0 Å². The number of ether oxygens (including phenoxy) is 2. The summed E-state index contributed by atoms with van der Waals surface area (Å²) >= 11 is 2.48. The van der Waals surface area contributed by atoms with E-state index < -0.39 is 57.5 Å². The van der Waals surface area contributed by atoms with Gasteiger partial charge in [-0.2, -0.15) is 4.39 Å². The SMILES string of the molecule is CC1(C)Cc2c(sc(NC(=O)c3ccc[nH]c3=O)c2C(N)=O)C(C)(C)O1.CC1(C)Cc2c(sc(NC(=O)c3cccnc3F)c2C(N)=O)C(C)(C)O1. The molecule has 16 heteroatoms. The summed E-state index contributed by atoms with van der Waals surface area (Å²) in [5.74, 6) is -3.41. The molecule has 0 aliphatic carbocycles. The molecule has 13 nitrogen and oxygen atoms in total. The van der Waals surface area contributed by atoms with Gasteiger partial charge in [0.25, 0.3) is 29.2 Å². The number of anilines is 2. The number of nitrogens with one attached hydrogen (secondary N) is 3. The van der Waals surface area contributed by atoms with Gasteiger partial charge in [0, 0.05) is 35.0 Å². The van der Waals surface area contributed by atoms with Gasteiger partial charge < -0.3 is 36.6 Å². The molecule has 276 valence electrons. The minimum Gasteiger partial charge on any atom is -0.365 e. The van der Waals surface area contributed by atoms with Crippen LogP contribution in [0.2, 0.25) is 0 Å². The Morgan fingerprint density at radius 2 is 1.21 bits per heavy atom. The predicted octanol–water partition coefficient (Wildman–Crippen LogP) is 5.59. The van der Waals surface area contributed by atoms with Gasteiger partial charge in [-0.3, -0.25) is 24.0 Å². The highest BCUT2D eigenvalue weighted by Gasteiger charge is 2.44. The number of amides is 4. The van der Waals surface area contributed by atoms with Crippen LogP contribution in [-0.2, 0) is 33.5 Å². The van der Waals surface area contributed by atoms with E-state index in [2.05, 4.69) is 20.6 Å². The Balaban J connectivity index is 0.000000201. The zero-order chi connectivity index (χ0) is 38.6. The minimum atomic E-state index is -0.878. The highest BCUT2D eigenvalue weighted by Crippen LogP contribution is 2.49. The van der Waals surface area contributed by atoms with Crippen LogP contribution in [0.1, 0.15) is 118 Å². The fourth-order valence-corrected chi connectivity index (χ4v) is 9.35. The van der Waals surface area contributed by atoms with Crippen molar-refractivity contribution < 1.29 is 33.0 Å². The molecule has 0 saturated carbocycles. The summed E-state index contributed by atoms with van der Waals surface area (Å²) in [7, 11) is 0. The first-order chi connectivity index (χ1) is 24.0. The lowest BCUT2D eigenvalue weighted by Gasteiger charge is -2.41. The van der Waals surface area contributed by atoms with E-state index in [1.54, 1.807) is 6.07 Å². The van der Waals surface area contributed by atoms with Crippen molar-refractivity contribution in [2.75, 3.05) is 10.6 Å². The van der Waals surface area contributed by atoms with Crippen LogP contribution in [0, 0.1) is 5.95 Å². The van der Waals surface area contributed by atoms with Crippen molar-refractivity contribution in [1.82, 2.24) is 9.97 Å². The van der Waals surface area contributed by atoms with E-state index in [0.717, 1.165) is 20.9 Å². The summed E-state index contributed by atoms with van der Waals surface area (Å²) < 4.78 is 26.0. The summed E-state index contributed by atoms with van der Waals surface area (Å²) in [4.78, 5) is 68.6. The number of aromatic amines is 1. The van der Waals surface area contributed by atoms with Crippen LogP contribution in [-0.4, -0.2) is 44.8 Å². The number of thiophene rings is 2. The van der Waals surface area contributed by atoms with Crippen LogP contribution in [0.5, 0.6) is 0 Å². The molecule has 0 bridgehead atoms. The Labute approximate surface area is 307 Å². The highest BCUT2D eigenvalue weighted by molar-refractivity contribution is 7.17. The lowest BCUT2D eigenvalue weighted by molar-refractivity contribution is -0.136. The number of aromatic nitrogens is 2. The largest absolute Gasteiger partial charge is 0.365 e. The number of carbonyl (C=O) groups excluding carboxylic acids is 4. The quantitative estimate of drug-likeness (QED) is 0.156. The molecule has 0 aromatic carbocycles. The van der Waals surface area contributed by atoms with E-state index in [9.17, 15) is 28.4 Å². The maximum Gasteiger partial charge on any atom is 0.261 e. The predicted molar refractivity (Wildman–Crippen MR) is 197 cm³/mol. The number of fused-ring (bicyclic) bond motifs is 2. The van der Waals surface area contributed by atoms with Crippen molar-refractivity contribution in [3.05, 3.63) is 96.1 Å². The number of halogens is 1. The molecule has 52 heavy (non-hydrogen) atoms. The molecule has 0 saturated heterocycles. The van der Waals surface area contributed by atoms with E-state index in [4.69, 9.17) is 20.9 Å². The minimum absolute atomic E-state index is 0.0369. The molecule has 4 aromatic rings. The van der Waals surface area contributed by atoms with Crippen molar-refractivity contribution in [3.63, 3.8) is 0 Å². The molecule has 6 rings (SSSR count). The molecule has 2 aliphatic rings. The Kier molecular flexibility index (Phi) is 10.1. The molecular formula is C36H41FN6O7S2. The van der Waals surface area contributed by atoms with Crippen molar-refractivity contribution in [2.24, 2.45) is 11.5 Å². The summed E-state index contributed by atoms with van der Waals surface area (Å²) in [6.07, 6.45) is 3.69. The molecule has 0 radical (unpaired) electrons. The van der Waals surface area contributed by atoms with Gasteiger partial charge in [-0.25, -0.2) is 4.98 Å². The first-order valence-electron chi connectivity index (χ1n) is 16.3. The third kappa shape index (κ3) is 7.70. The lowest BCUT2D eigenvalue weighted by atomic mass is 9.86. The van der Waals surface area contributed by atoms with E-state index >= 15 is 0 Å². The molecule has 2 aliphatic heterocycles.